The van der Waals surface area contributed by atoms with E-state index in [1.807, 2.05) is 0 Å². The molecule has 3 atom stereocenters. The average molecular weight is 274 g/mol. The number of hydrogen-bond donors (Lipinski definition) is 1. The van der Waals surface area contributed by atoms with Gasteiger partial charge in [-0.05, 0) is 34.6 Å². The van der Waals surface area contributed by atoms with E-state index in [-0.39, 0.29) is 18.5 Å². The first kappa shape index (κ1) is 15.7. The quantitative estimate of drug-likeness (QED) is 0.836. The molecule has 0 aromatic carbocycles. The Balaban J connectivity index is 2.51. The van der Waals surface area contributed by atoms with Crippen LogP contribution in [-0.2, 0) is 9.53 Å². The van der Waals surface area contributed by atoms with Crippen LogP contribution in [0.25, 0.3) is 0 Å². The van der Waals surface area contributed by atoms with Crippen LogP contribution in [0.5, 0.6) is 0 Å². The number of alkyl carbamates (subject to hydrolysis) is 1. The molecule has 0 aromatic heterocycles. The topological polar surface area (TPSA) is 58.6 Å². The van der Waals surface area contributed by atoms with Crippen LogP contribution in [-0.4, -0.2) is 47.3 Å². The Morgan fingerprint density at radius 3 is 2.42 bits per heavy atom. The molecule has 1 saturated heterocycles. The predicted molar refractivity (Wildman–Crippen MR) is 69.5 cm³/mol. The van der Waals surface area contributed by atoms with Gasteiger partial charge in [-0.1, -0.05) is 0 Å². The molecule has 1 fully saturated rings. The molecule has 0 saturated carbocycles. The summed E-state index contributed by atoms with van der Waals surface area (Å²) in [6.07, 6.45) is -1.27. The summed E-state index contributed by atoms with van der Waals surface area (Å²) in [4.78, 5) is 25.1. The van der Waals surface area contributed by atoms with E-state index in [9.17, 15) is 14.0 Å². The molecule has 0 radical (unpaired) electrons. The molecule has 0 unspecified atom stereocenters. The zero-order valence-electron chi connectivity index (χ0n) is 12.2. The van der Waals surface area contributed by atoms with Gasteiger partial charge in [-0.25, -0.2) is 9.18 Å². The van der Waals surface area contributed by atoms with Crippen molar-refractivity contribution in [1.29, 1.82) is 0 Å². The van der Waals surface area contributed by atoms with Gasteiger partial charge in [0.25, 0.3) is 0 Å². The Bertz CT molecular complexity index is 354. The zero-order chi connectivity index (χ0) is 14.8. The number of nitrogens with zero attached hydrogens (tertiary/aromatic N) is 1. The summed E-state index contributed by atoms with van der Waals surface area (Å²) in [5.74, 6) is -0.279. The van der Waals surface area contributed by atoms with Crippen molar-refractivity contribution < 1.29 is 18.7 Å². The Labute approximate surface area is 113 Å². The molecule has 0 aromatic rings. The maximum absolute atomic E-state index is 13.2. The maximum Gasteiger partial charge on any atom is 0.408 e. The molecule has 0 spiro atoms. The van der Waals surface area contributed by atoms with Crippen LogP contribution < -0.4 is 5.32 Å². The van der Waals surface area contributed by atoms with Crippen molar-refractivity contribution in [2.24, 2.45) is 0 Å². The van der Waals surface area contributed by atoms with E-state index in [4.69, 9.17) is 4.74 Å². The van der Waals surface area contributed by atoms with Crippen LogP contribution in [0.3, 0.4) is 0 Å². The Morgan fingerprint density at radius 1 is 1.42 bits per heavy atom. The van der Waals surface area contributed by atoms with Crippen LogP contribution in [0.4, 0.5) is 9.18 Å². The van der Waals surface area contributed by atoms with Gasteiger partial charge in [0.05, 0.1) is 6.54 Å². The van der Waals surface area contributed by atoms with Gasteiger partial charge >= 0.3 is 6.09 Å². The standard InChI is InChI=1S/C13H23FN2O3/c1-8-6-10(14)7-16(8)11(17)9(2)15-12(18)19-13(3,4)5/h8-10H,6-7H2,1-5H3,(H,15,18)/t8-,9+,10+/m0/s1. The van der Waals surface area contributed by atoms with Crippen LogP contribution in [0, 0.1) is 0 Å². The molecule has 19 heavy (non-hydrogen) atoms. The van der Waals surface area contributed by atoms with Gasteiger partial charge in [0.15, 0.2) is 0 Å². The van der Waals surface area contributed by atoms with Gasteiger partial charge in [0.2, 0.25) is 5.91 Å². The average Bonchev–Trinajstić information content (AvgIpc) is 2.53. The maximum atomic E-state index is 13.2. The number of likely N-dealkylation sites (tertiary alicyclic amines) is 1. The second-order valence-corrected chi connectivity index (χ2v) is 6.04. The summed E-state index contributed by atoms with van der Waals surface area (Å²) in [6, 6.07) is -0.854. The van der Waals surface area contributed by atoms with Gasteiger partial charge in [0.1, 0.15) is 17.8 Å². The monoisotopic (exact) mass is 274 g/mol. The zero-order valence-corrected chi connectivity index (χ0v) is 12.2. The minimum Gasteiger partial charge on any atom is -0.444 e. The lowest BCUT2D eigenvalue weighted by Crippen LogP contribution is -2.49. The third-order valence-electron chi connectivity index (χ3n) is 2.91. The van der Waals surface area contributed by atoms with Gasteiger partial charge in [-0.3, -0.25) is 4.79 Å². The minimum absolute atomic E-state index is 0.0976. The number of carbonyl (C=O) groups excluding carboxylic acids is 2. The van der Waals surface area contributed by atoms with E-state index in [1.165, 1.54) is 4.90 Å². The fourth-order valence-electron chi connectivity index (χ4n) is 2.07. The predicted octanol–water partition coefficient (Wildman–Crippen LogP) is 1.86. The third-order valence-corrected chi connectivity index (χ3v) is 2.91. The van der Waals surface area contributed by atoms with Gasteiger partial charge in [-0.15, -0.1) is 0 Å². The van der Waals surface area contributed by atoms with Crippen molar-refractivity contribution in [1.82, 2.24) is 10.2 Å². The molecule has 1 aliphatic rings. The molecule has 1 N–H and O–H groups in total. The first-order valence-corrected chi connectivity index (χ1v) is 6.54. The lowest BCUT2D eigenvalue weighted by atomic mass is 10.2. The van der Waals surface area contributed by atoms with Gasteiger partial charge in [-0.2, -0.15) is 0 Å². The molecule has 0 aliphatic carbocycles. The lowest BCUT2D eigenvalue weighted by molar-refractivity contribution is -0.133. The van der Waals surface area contributed by atoms with Crippen molar-refractivity contribution in [3.63, 3.8) is 0 Å². The Morgan fingerprint density at radius 2 is 2.00 bits per heavy atom. The molecule has 1 aliphatic heterocycles. The lowest BCUT2D eigenvalue weighted by Gasteiger charge is -2.26. The third kappa shape index (κ3) is 4.69. The van der Waals surface area contributed by atoms with Crippen molar-refractivity contribution in [2.45, 2.75) is 64.9 Å². The minimum atomic E-state index is -0.979. The number of ether oxygens (including phenoxy) is 1. The number of hydrogen-bond acceptors (Lipinski definition) is 3. The number of alkyl halides is 1. The van der Waals surface area contributed by atoms with E-state index in [2.05, 4.69) is 5.32 Å². The fraction of sp³-hybridized carbons (Fsp3) is 0.846. The smallest absolute Gasteiger partial charge is 0.408 e. The summed E-state index contributed by atoms with van der Waals surface area (Å²) in [5.41, 5.74) is -0.613. The summed E-state index contributed by atoms with van der Waals surface area (Å²) >= 11 is 0. The SMILES string of the molecule is C[C@@H](NC(=O)OC(C)(C)C)C(=O)N1C[C@H](F)C[C@@H]1C. The second kappa shape index (κ2) is 5.75. The second-order valence-electron chi connectivity index (χ2n) is 6.04. The van der Waals surface area contributed by atoms with E-state index in [0.29, 0.717) is 6.42 Å². The van der Waals surface area contributed by atoms with Crippen molar-refractivity contribution in [3.8, 4) is 0 Å². The molecule has 5 nitrogen and oxygen atoms in total. The molecular formula is C13H23FN2O3. The highest BCUT2D eigenvalue weighted by molar-refractivity contribution is 5.85. The van der Waals surface area contributed by atoms with Crippen LogP contribution in [0.2, 0.25) is 0 Å². The molecule has 1 rings (SSSR count). The fourth-order valence-corrected chi connectivity index (χ4v) is 2.07. The number of amides is 2. The molecule has 110 valence electrons. The van der Waals surface area contributed by atoms with Crippen molar-refractivity contribution in [2.75, 3.05) is 6.54 Å². The first-order chi connectivity index (χ1) is 8.60. The summed E-state index contributed by atoms with van der Waals surface area (Å²) in [5, 5.41) is 2.47. The van der Waals surface area contributed by atoms with Crippen molar-refractivity contribution >= 4 is 12.0 Å². The van der Waals surface area contributed by atoms with Gasteiger partial charge in [0, 0.05) is 12.5 Å². The van der Waals surface area contributed by atoms with E-state index in [1.54, 1.807) is 34.6 Å². The van der Waals surface area contributed by atoms with Crippen LogP contribution in [0.1, 0.15) is 41.0 Å². The van der Waals surface area contributed by atoms with E-state index in [0.717, 1.165) is 0 Å². The molecule has 6 heteroatoms. The summed E-state index contributed by atoms with van der Waals surface area (Å²) < 4.78 is 18.3. The Hall–Kier alpha value is -1.33. The van der Waals surface area contributed by atoms with Crippen LogP contribution in [0.15, 0.2) is 0 Å². The highest BCUT2D eigenvalue weighted by Gasteiger charge is 2.35. The number of carbonyl (C=O) groups is 2. The highest BCUT2D eigenvalue weighted by atomic mass is 19.1. The largest absolute Gasteiger partial charge is 0.444 e. The molecule has 2 amide bonds. The van der Waals surface area contributed by atoms with Crippen LogP contribution >= 0.6 is 0 Å². The number of nitrogens with one attached hydrogen (secondary N) is 1. The molecule has 1 heterocycles. The van der Waals surface area contributed by atoms with E-state index < -0.39 is 23.9 Å². The van der Waals surface area contributed by atoms with E-state index >= 15 is 0 Å². The first-order valence-electron chi connectivity index (χ1n) is 6.54. The summed E-state index contributed by atoms with van der Waals surface area (Å²) in [7, 11) is 0. The van der Waals surface area contributed by atoms with Crippen molar-refractivity contribution in [3.05, 3.63) is 0 Å². The summed E-state index contributed by atoms with van der Waals surface area (Å²) in [6.45, 7) is 8.71. The molecular weight excluding hydrogens is 251 g/mol. The normalized spacial score (nSPS) is 25.1. The Kier molecular flexibility index (Phi) is 4.76. The number of rotatable bonds is 2. The molecule has 0 bridgehead atoms. The van der Waals surface area contributed by atoms with Gasteiger partial charge < -0.3 is 15.0 Å². The highest BCUT2D eigenvalue weighted by Crippen LogP contribution is 2.20. The number of halogens is 1.